The average Bonchev–Trinajstić information content (AvgIpc) is 2.25. The Morgan fingerprint density at radius 2 is 2.35 bits per heavy atom. The molecule has 1 aromatic rings. The Bertz CT molecular complexity index is 401. The monoisotopic (exact) mass is 257 g/mol. The quantitative estimate of drug-likeness (QED) is 0.587. The molecule has 1 unspecified atom stereocenters. The van der Waals surface area contributed by atoms with Crippen LogP contribution in [0.2, 0.25) is 0 Å². The van der Waals surface area contributed by atoms with Gasteiger partial charge in [-0.3, -0.25) is 10.1 Å². The van der Waals surface area contributed by atoms with Gasteiger partial charge in [-0.1, -0.05) is 6.92 Å². The van der Waals surface area contributed by atoms with Gasteiger partial charge in [-0.05, 0) is 12.7 Å². The maximum Gasteiger partial charge on any atom is 0.352 e. The SMILES string of the molecule is CCSCC(C)Nc1ncnc(N)c1[N+](=O)[O-]. The number of nitrogens with two attached hydrogens (primary N) is 1. The van der Waals surface area contributed by atoms with Gasteiger partial charge >= 0.3 is 5.69 Å². The van der Waals surface area contributed by atoms with Gasteiger partial charge in [0.05, 0.1) is 4.92 Å². The molecule has 17 heavy (non-hydrogen) atoms. The molecule has 0 aliphatic rings. The molecule has 0 spiro atoms. The van der Waals surface area contributed by atoms with E-state index in [1.165, 1.54) is 6.33 Å². The van der Waals surface area contributed by atoms with E-state index in [1.54, 1.807) is 11.8 Å². The molecular formula is C9H15N5O2S. The third-order valence-corrected chi connectivity index (χ3v) is 3.13. The van der Waals surface area contributed by atoms with Crippen LogP contribution in [0.4, 0.5) is 17.3 Å². The highest BCUT2D eigenvalue weighted by atomic mass is 32.2. The van der Waals surface area contributed by atoms with E-state index in [2.05, 4.69) is 22.2 Å². The van der Waals surface area contributed by atoms with Gasteiger partial charge < -0.3 is 11.1 Å². The summed E-state index contributed by atoms with van der Waals surface area (Å²) in [4.78, 5) is 17.7. The summed E-state index contributed by atoms with van der Waals surface area (Å²) < 4.78 is 0. The third kappa shape index (κ3) is 3.74. The van der Waals surface area contributed by atoms with Crippen molar-refractivity contribution in [3.05, 3.63) is 16.4 Å². The molecule has 1 heterocycles. The molecule has 3 N–H and O–H groups in total. The molecule has 0 aliphatic heterocycles. The number of nitro groups is 1. The molecule has 0 saturated carbocycles. The van der Waals surface area contributed by atoms with Gasteiger partial charge in [0.25, 0.3) is 0 Å². The molecule has 1 atom stereocenters. The van der Waals surface area contributed by atoms with E-state index in [1.807, 2.05) is 6.92 Å². The third-order valence-electron chi connectivity index (χ3n) is 1.99. The Kier molecular flexibility index (Phi) is 4.95. The van der Waals surface area contributed by atoms with Crippen molar-refractivity contribution in [3.63, 3.8) is 0 Å². The van der Waals surface area contributed by atoms with E-state index in [0.29, 0.717) is 0 Å². The lowest BCUT2D eigenvalue weighted by Crippen LogP contribution is -2.20. The maximum absolute atomic E-state index is 10.8. The highest BCUT2D eigenvalue weighted by molar-refractivity contribution is 7.99. The lowest BCUT2D eigenvalue weighted by molar-refractivity contribution is -0.383. The van der Waals surface area contributed by atoms with E-state index in [9.17, 15) is 10.1 Å². The van der Waals surface area contributed by atoms with Crippen LogP contribution < -0.4 is 11.1 Å². The fourth-order valence-electron chi connectivity index (χ4n) is 1.25. The summed E-state index contributed by atoms with van der Waals surface area (Å²) >= 11 is 1.75. The van der Waals surface area contributed by atoms with Gasteiger partial charge in [0.2, 0.25) is 11.6 Å². The smallest absolute Gasteiger partial charge is 0.352 e. The fourth-order valence-corrected chi connectivity index (χ4v) is 1.92. The molecule has 0 aliphatic carbocycles. The zero-order valence-corrected chi connectivity index (χ0v) is 10.5. The largest absolute Gasteiger partial charge is 0.378 e. The molecule has 7 nitrogen and oxygen atoms in total. The number of thioether (sulfide) groups is 1. The summed E-state index contributed by atoms with van der Waals surface area (Å²) in [6.45, 7) is 3.99. The molecule has 0 aromatic carbocycles. The molecular weight excluding hydrogens is 242 g/mol. The molecule has 0 radical (unpaired) electrons. The van der Waals surface area contributed by atoms with Crippen LogP contribution in [-0.4, -0.2) is 32.4 Å². The minimum absolute atomic E-state index is 0.0768. The zero-order chi connectivity index (χ0) is 12.8. The first-order valence-corrected chi connectivity index (χ1v) is 6.30. The molecule has 0 bridgehead atoms. The summed E-state index contributed by atoms with van der Waals surface area (Å²) in [6.07, 6.45) is 1.21. The van der Waals surface area contributed by atoms with Crippen LogP contribution in [0, 0.1) is 10.1 Å². The van der Waals surface area contributed by atoms with Gasteiger partial charge in [0, 0.05) is 11.8 Å². The second-order valence-corrected chi connectivity index (χ2v) is 4.74. The Balaban J connectivity index is 2.83. The minimum atomic E-state index is -0.572. The first-order valence-electron chi connectivity index (χ1n) is 5.15. The maximum atomic E-state index is 10.8. The Morgan fingerprint density at radius 1 is 1.65 bits per heavy atom. The van der Waals surface area contributed by atoms with Crippen molar-refractivity contribution >= 4 is 29.1 Å². The first kappa shape index (κ1) is 13.5. The van der Waals surface area contributed by atoms with E-state index in [-0.39, 0.29) is 23.4 Å². The van der Waals surface area contributed by atoms with Crippen molar-refractivity contribution in [2.24, 2.45) is 0 Å². The first-order chi connectivity index (χ1) is 8.06. The highest BCUT2D eigenvalue weighted by Gasteiger charge is 2.21. The molecule has 0 amide bonds. The molecule has 1 rings (SSSR count). The van der Waals surface area contributed by atoms with Gasteiger partial charge in [-0.25, -0.2) is 9.97 Å². The van der Waals surface area contributed by atoms with Crippen molar-refractivity contribution in [1.82, 2.24) is 9.97 Å². The Morgan fingerprint density at radius 3 is 2.94 bits per heavy atom. The van der Waals surface area contributed by atoms with E-state index in [0.717, 1.165) is 11.5 Å². The predicted molar refractivity (Wildman–Crippen MR) is 69.2 cm³/mol. The van der Waals surface area contributed by atoms with Crippen molar-refractivity contribution in [1.29, 1.82) is 0 Å². The summed E-state index contributed by atoms with van der Waals surface area (Å²) in [5.74, 6) is 1.90. The molecule has 0 fully saturated rings. The minimum Gasteiger partial charge on any atom is -0.378 e. The predicted octanol–water partition coefficient (Wildman–Crippen LogP) is 1.52. The average molecular weight is 257 g/mol. The summed E-state index contributed by atoms with van der Waals surface area (Å²) in [6, 6.07) is 0.0768. The van der Waals surface area contributed by atoms with Crippen LogP contribution in [0.15, 0.2) is 6.33 Å². The Labute approximate surface area is 103 Å². The number of hydrogen-bond donors (Lipinski definition) is 2. The van der Waals surface area contributed by atoms with Crippen LogP contribution >= 0.6 is 11.8 Å². The van der Waals surface area contributed by atoms with Crippen molar-refractivity contribution in [2.45, 2.75) is 19.9 Å². The topological polar surface area (TPSA) is 107 Å². The highest BCUT2D eigenvalue weighted by Crippen LogP contribution is 2.26. The van der Waals surface area contributed by atoms with Crippen molar-refractivity contribution in [3.8, 4) is 0 Å². The van der Waals surface area contributed by atoms with E-state index >= 15 is 0 Å². The normalized spacial score (nSPS) is 12.1. The van der Waals surface area contributed by atoms with Crippen LogP contribution in [0.25, 0.3) is 0 Å². The summed E-state index contributed by atoms with van der Waals surface area (Å²) in [7, 11) is 0. The van der Waals surface area contributed by atoms with Gasteiger partial charge in [0.1, 0.15) is 6.33 Å². The number of aromatic nitrogens is 2. The van der Waals surface area contributed by atoms with Gasteiger partial charge in [-0.15, -0.1) is 0 Å². The van der Waals surface area contributed by atoms with Crippen LogP contribution in [0.1, 0.15) is 13.8 Å². The standard InChI is InChI=1S/C9H15N5O2S/c1-3-17-4-6(2)13-9-7(14(15)16)8(10)11-5-12-9/h5-6H,3-4H2,1-2H3,(H3,10,11,12,13). The molecule has 8 heteroatoms. The van der Waals surface area contributed by atoms with Crippen LogP contribution in [0.5, 0.6) is 0 Å². The molecule has 0 saturated heterocycles. The summed E-state index contributed by atoms with van der Waals surface area (Å²) in [5.41, 5.74) is 5.20. The number of nitrogens with zero attached hydrogens (tertiary/aromatic N) is 3. The van der Waals surface area contributed by atoms with E-state index in [4.69, 9.17) is 5.73 Å². The number of nitrogen functional groups attached to an aromatic ring is 1. The van der Waals surface area contributed by atoms with Crippen molar-refractivity contribution in [2.75, 3.05) is 22.6 Å². The number of nitrogens with one attached hydrogen (secondary N) is 1. The zero-order valence-electron chi connectivity index (χ0n) is 9.71. The second-order valence-electron chi connectivity index (χ2n) is 3.42. The molecule has 94 valence electrons. The fraction of sp³-hybridized carbons (Fsp3) is 0.556. The number of rotatable bonds is 6. The summed E-state index contributed by atoms with van der Waals surface area (Å²) in [5, 5.41) is 13.8. The Hall–Kier alpha value is -1.57. The van der Waals surface area contributed by atoms with Gasteiger partial charge in [-0.2, -0.15) is 11.8 Å². The second kappa shape index (κ2) is 6.24. The van der Waals surface area contributed by atoms with Gasteiger partial charge in [0.15, 0.2) is 0 Å². The van der Waals surface area contributed by atoms with Crippen molar-refractivity contribution < 1.29 is 4.92 Å². The van der Waals surface area contributed by atoms with E-state index < -0.39 is 4.92 Å². The number of hydrogen-bond acceptors (Lipinski definition) is 7. The van der Waals surface area contributed by atoms with Crippen LogP contribution in [-0.2, 0) is 0 Å². The van der Waals surface area contributed by atoms with Crippen LogP contribution in [0.3, 0.4) is 0 Å². The lowest BCUT2D eigenvalue weighted by Gasteiger charge is -2.13. The lowest BCUT2D eigenvalue weighted by atomic mass is 10.3. The molecule has 1 aromatic heterocycles. The number of anilines is 2.